The highest BCUT2D eigenvalue weighted by atomic mass is 16.4. The van der Waals surface area contributed by atoms with Gasteiger partial charge in [0.05, 0.1) is 11.1 Å². The predicted octanol–water partition coefficient (Wildman–Crippen LogP) is 8.62. The van der Waals surface area contributed by atoms with Crippen LogP contribution in [-0.2, 0) is 0 Å². The summed E-state index contributed by atoms with van der Waals surface area (Å²) in [6.45, 7) is 0. The van der Waals surface area contributed by atoms with E-state index in [0.29, 0.717) is 28.9 Å². The molecule has 3 aliphatic rings. The topological polar surface area (TPSA) is 74.6 Å². The standard InChI is InChI=1S/C32H40O4/c33-31(34)24-16-14-22(15-17-24)25-12-7-13-26(18-25)29-20-27(21-8-3-1-4-9-21)19-28(30(29)32(35)36)23-10-5-2-6-11-23/h14-17,19-21,23,25-26H,1-13,18H2,(H,33,34)(H,35,36). The fourth-order valence-corrected chi connectivity index (χ4v) is 7.36. The maximum Gasteiger partial charge on any atom is 0.336 e. The summed E-state index contributed by atoms with van der Waals surface area (Å²) >= 11 is 0. The van der Waals surface area contributed by atoms with Crippen molar-refractivity contribution in [2.45, 2.75) is 114 Å². The van der Waals surface area contributed by atoms with Gasteiger partial charge in [-0.05, 0) is 103 Å². The maximum atomic E-state index is 12.8. The van der Waals surface area contributed by atoms with Gasteiger partial charge in [-0.25, -0.2) is 9.59 Å². The molecule has 2 aromatic carbocycles. The molecular formula is C32H40O4. The normalized spacial score (nSPS) is 23.9. The second-order valence-corrected chi connectivity index (χ2v) is 11.5. The van der Waals surface area contributed by atoms with E-state index in [1.54, 1.807) is 12.1 Å². The largest absolute Gasteiger partial charge is 0.478 e. The third-order valence-corrected chi connectivity index (χ3v) is 9.30. The lowest BCUT2D eigenvalue weighted by Crippen LogP contribution is -2.20. The average Bonchev–Trinajstić information content (AvgIpc) is 2.93. The molecule has 3 aliphatic carbocycles. The van der Waals surface area contributed by atoms with Gasteiger partial charge in [-0.15, -0.1) is 0 Å². The fourth-order valence-electron chi connectivity index (χ4n) is 7.36. The lowest BCUT2D eigenvalue weighted by Gasteiger charge is -2.34. The Kier molecular flexibility index (Phi) is 7.79. The van der Waals surface area contributed by atoms with Gasteiger partial charge >= 0.3 is 11.9 Å². The van der Waals surface area contributed by atoms with Crippen molar-refractivity contribution in [2.75, 3.05) is 0 Å². The number of carboxylic acid groups (broad SMARTS) is 2. The van der Waals surface area contributed by atoms with Gasteiger partial charge in [0.15, 0.2) is 0 Å². The second-order valence-electron chi connectivity index (χ2n) is 11.5. The molecule has 0 heterocycles. The molecule has 2 unspecified atom stereocenters. The van der Waals surface area contributed by atoms with Crippen LogP contribution in [0.4, 0.5) is 0 Å². The van der Waals surface area contributed by atoms with E-state index in [1.165, 1.54) is 62.5 Å². The zero-order valence-corrected chi connectivity index (χ0v) is 21.4. The van der Waals surface area contributed by atoms with Crippen LogP contribution in [0, 0.1) is 0 Å². The minimum absolute atomic E-state index is 0.236. The molecule has 3 saturated carbocycles. The van der Waals surface area contributed by atoms with Crippen molar-refractivity contribution in [3.05, 3.63) is 69.8 Å². The number of aromatic carboxylic acids is 2. The number of rotatable bonds is 6. The Morgan fingerprint density at radius 2 is 1.08 bits per heavy atom. The van der Waals surface area contributed by atoms with Crippen LogP contribution in [-0.4, -0.2) is 22.2 Å². The molecule has 5 rings (SSSR count). The first-order valence-corrected chi connectivity index (χ1v) is 14.3. The molecule has 0 radical (unpaired) electrons. The van der Waals surface area contributed by atoms with Crippen LogP contribution in [0.3, 0.4) is 0 Å². The number of hydrogen-bond acceptors (Lipinski definition) is 2. The summed E-state index contributed by atoms with van der Waals surface area (Å²) in [5, 5.41) is 19.8. The van der Waals surface area contributed by atoms with E-state index in [-0.39, 0.29) is 5.92 Å². The fraction of sp³-hybridized carbons (Fsp3) is 0.562. The molecule has 0 amide bonds. The molecule has 0 aliphatic heterocycles. The molecule has 0 aromatic heterocycles. The Bertz CT molecular complexity index is 1070. The number of hydrogen-bond donors (Lipinski definition) is 2. The van der Waals surface area contributed by atoms with E-state index in [2.05, 4.69) is 12.1 Å². The highest BCUT2D eigenvalue weighted by Crippen LogP contribution is 2.46. The minimum atomic E-state index is -0.899. The monoisotopic (exact) mass is 488 g/mol. The van der Waals surface area contributed by atoms with Gasteiger partial charge in [-0.2, -0.15) is 0 Å². The SMILES string of the molecule is O=C(O)c1ccc(C2CCCC(c3cc(C4CCCCC4)cc(C4CCCCC4)c3C(=O)O)C2)cc1. The Labute approximate surface area is 215 Å². The van der Waals surface area contributed by atoms with Gasteiger partial charge in [-0.1, -0.05) is 69.2 Å². The average molecular weight is 489 g/mol. The van der Waals surface area contributed by atoms with Crippen LogP contribution in [0.25, 0.3) is 0 Å². The summed E-state index contributed by atoms with van der Waals surface area (Å²) in [7, 11) is 0. The second kappa shape index (κ2) is 11.2. The van der Waals surface area contributed by atoms with Gasteiger partial charge in [0.2, 0.25) is 0 Å². The van der Waals surface area contributed by atoms with Gasteiger partial charge < -0.3 is 10.2 Å². The molecule has 3 fully saturated rings. The van der Waals surface area contributed by atoms with Crippen molar-refractivity contribution in [1.29, 1.82) is 0 Å². The number of carbonyl (C=O) groups is 2. The first kappa shape index (κ1) is 25.0. The van der Waals surface area contributed by atoms with Crippen molar-refractivity contribution in [3.8, 4) is 0 Å². The van der Waals surface area contributed by atoms with Crippen LogP contribution in [0.1, 0.15) is 157 Å². The summed E-state index contributed by atoms with van der Waals surface area (Å²) in [5.41, 5.74) is 5.69. The van der Waals surface area contributed by atoms with E-state index >= 15 is 0 Å². The van der Waals surface area contributed by atoms with Gasteiger partial charge in [-0.3, -0.25) is 0 Å². The Hall–Kier alpha value is -2.62. The lowest BCUT2D eigenvalue weighted by atomic mass is 9.71. The van der Waals surface area contributed by atoms with Crippen LogP contribution >= 0.6 is 0 Å². The van der Waals surface area contributed by atoms with E-state index < -0.39 is 11.9 Å². The lowest BCUT2D eigenvalue weighted by molar-refractivity contribution is 0.0683. The third kappa shape index (κ3) is 5.38. The van der Waals surface area contributed by atoms with Crippen LogP contribution in [0.2, 0.25) is 0 Å². The smallest absolute Gasteiger partial charge is 0.336 e. The molecule has 2 N–H and O–H groups in total. The summed E-state index contributed by atoms with van der Waals surface area (Å²) in [6.07, 6.45) is 16.3. The van der Waals surface area contributed by atoms with Gasteiger partial charge in [0, 0.05) is 0 Å². The van der Waals surface area contributed by atoms with Crippen molar-refractivity contribution >= 4 is 11.9 Å². The molecular weight excluding hydrogens is 448 g/mol. The molecule has 2 aromatic rings. The molecule has 4 heteroatoms. The van der Waals surface area contributed by atoms with E-state index in [1.807, 2.05) is 12.1 Å². The Balaban J connectivity index is 1.52. The Morgan fingerprint density at radius 3 is 1.67 bits per heavy atom. The van der Waals surface area contributed by atoms with Crippen molar-refractivity contribution in [2.24, 2.45) is 0 Å². The van der Waals surface area contributed by atoms with Crippen molar-refractivity contribution < 1.29 is 19.8 Å². The molecule has 192 valence electrons. The molecule has 4 nitrogen and oxygen atoms in total. The highest BCUT2D eigenvalue weighted by molar-refractivity contribution is 5.92. The van der Waals surface area contributed by atoms with Gasteiger partial charge in [0.1, 0.15) is 0 Å². The van der Waals surface area contributed by atoms with Crippen molar-refractivity contribution in [1.82, 2.24) is 0 Å². The van der Waals surface area contributed by atoms with Gasteiger partial charge in [0.25, 0.3) is 0 Å². The minimum Gasteiger partial charge on any atom is -0.478 e. The number of carboxylic acids is 2. The number of benzene rings is 2. The van der Waals surface area contributed by atoms with E-state index in [0.717, 1.165) is 49.7 Å². The van der Waals surface area contributed by atoms with Crippen molar-refractivity contribution in [3.63, 3.8) is 0 Å². The summed E-state index contributed by atoms with van der Waals surface area (Å²) in [4.78, 5) is 24.1. The molecule has 36 heavy (non-hydrogen) atoms. The molecule has 0 spiro atoms. The quantitative estimate of drug-likeness (QED) is 0.427. The zero-order chi connectivity index (χ0) is 25.1. The maximum absolute atomic E-state index is 12.8. The van der Waals surface area contributed by atoms with Crippen LogP contribution in [0.5, 0.6) is 0 Å². The third-order valence-electron chi connectivity index (χ3n) is 9.30. The molecule has 2 atom stereocenters. The van der Waals surface area contributed by atoms with Crippen LogP contribution in [0.15, 0.2) is 36.4 Å². The zero-order valence-electron chi connectivity index (χ0n) is 21.4. The Morgan fingerprint density at radius 1 is 0.556 bits per heavy atom. The first-order valence-electron chi connectivity index (χ1n) is 14.3. The molecule has 0 saturated heterocycles. The summed E-state index contributed by atoms with van der Waals surface area (Å²) in [5.74, 6) is -0.150. The van der Waals surface area contributed by atoms with Crippen LogP contribution < -0.4 is 0 Å². The predicted molar refractivity (Wildman–Crippen MR) is 142 cm³/mol. The van der Waals surface area contributed by atoms with E-state index in [9.17, 15) is 19.8 Å². The summed E-state index contributed by atoms with van der Waals surface area (Å²) in [6, 6.07) is 11.9. The first-order chi connectivity index (χ1) is 17.5. The summed E-state index contributed by atoms with van der Waals surface area (Å²) < 4.78 is 0. The highest BCUT2D eigenvalue weighted by Gasteiger charge is 2.32. The molecule has 0 bridgehead atoms. The van der Waals surface area contributed by atoms with E-state index in [4.69, 9.17) is 0 Å².